The summed E-state index contributed by atoms with van der Waals surface area (Å²) < 4.78 is 5.34. The number of aromatic nitrogens is 3. The molecule has 1 aliphatic carbocycles. The summed E-state index contributed by atoms with van der Waals surface area (Å²) in [6.07, 6.45) is 4.72. The number of fused-ring (bicyclic) bond motifs is 1. The van der Waals surface area contributed by atoms with Crippen LogP contribution in [0.15, 0.2) is 10.6 Å². The van der Waals surface area contributed by atoms with Crippen molar-refractivity contribution in [3.63, 3.8) is 0 Å². The Balaban J connectivity index is 1.60. The van der Waals surface area contributed by atoms with Gasteiger partial charge in [0.15, 0.2) is 0 Å². The summed E-state index contributed by atoms with van der Waals surface area (Å²) in [5.41, 5.74) is 3.32. The molecule has 1 saturated heterocycles. The summed E-state index contributed by atoms with van der Waals surface area (Å²) in [5.74, 6) is 2.73. The molecule has 2 aromatic heterocycles. The van der Waals surface area contributed by atoms with Gasteiger partial charge >= 0.3 is 0 Å². The second-order valence-electron chi connectivity index (χ2n) is 7.75. The number of anilines is 2. The highest BCUT2D eigenvalue weighted by Crippen LogP contribution is 2.33. The van der Waals surface area contributed by atoms with Gasteiger partial charge in [-0.2, -0.15) is 4.98 Å². The summed E-state index contributed by atoms with van der Waals surface area (Å²) in [6, 6.07) is 1.95. The van der Waals surface area contributed by atoms with Gasteiger partial charge in [0.25, 0.3) is 0 Å². The maximum absolute atomic E-state index is 10.6. The van der Waals surface area contributed by atoms with Gasteiger partial charge in [0, 0.05) is 51.2 Å². The van der Waals surface area contributed by atoms with E-state index in [-0.39, 0.29) is 5.92 Å². The zero-order chi connectivity index (χ0) is 18.3. The van der Waals surface area contributed by atoms with E-state index >= 15 is 0 Å². The summed E-state index contributed by atoms with van der Waals surface area (Å²) in [6.45, 7) is 3.30. The van der Waals surface area contributed by atoms with E-state index in [0.717, 1.165) is 42.6 Å². The van der Waals surface area contributed by atoms with Crippen LogP contribution in [0, 0.1) is 12.8 Å². The van der Waals surface area contributed by atoms with Crippen molar-refractivity contribution >= 4 is 11.8 Å². The fraction of sp³-hybridized carbons (Fsp3) is 0.632. The van der Waals surface area contributed by atoms with Crippen molar-refractivity contribution in [2.75, 3.05) is 37.0 Å². The number of nitrogens with zero attached hydrogens (tertiary/aromatic N) is 5. The molecule has 26 heavy (non-hydrogen) atoms. The van der Waals surface area contributed by atoms with Gasteiger partial charge in [0.2, 0.25) is 5.95 Å². The third-order valence-electron chi connectivity index (χ3n) is 5.40. The number of hydrogen-bond donors (Lipinski definition) is 1. The Labute approximate surface area is 154 Å². The molecule has 0 unspecified atom stereocenters. The minimum Gasteiger partial charge on any atom is -0.391 e. The minimum atomic E-state index is -0.391. The molecule has 3 heterocycles. The highest BCUT2D eigenvalue weighted by Gasteiger charge is 2.35. The smallest absolute Gasteiger partial charge is 0.227 e. The van der Waals surface area contributed by atoms with E-state index in [1.165, 1.54) is 24.1 Å². The lowest BCUT2D eigenvalue weighted by atomic mass is 9.96. The first-order chi connectivity index (χ1) is 12.5. The van der Waals surface area contributed by atoms with Crippen LogP contribution < -0.4 is 9.80 Å². The highest BCUT2D eigenvalue weighted by atomic mass is 16.5. The van der Waals surface area contributed by atoms with Gasteiger partial charge in [0.1, 0.15) is 11.6 Å². The quantitative estimate of drug-likeness (QED) is 0.893. The molecule has 1 fully saturated rings. The second kappa shape index (κ2) is 6.87. The van der Waals surface area contributed by atoms with Crippen molar-refractivity contribution in [1.82, 2.24) is 15.1 Å². The van der Waals surface area contributed by atoms with Crippen LogP contribution in [0.2, 0.25) is 0 Å². The summed E-state index contributed by atoms with van der Waals surface area (Å²) in [7, 11) is 3.95. The normalized spacial score (nSPS) is 22.5. The maximum atomic E-state index is 10.6. The predicted octanol–water partition coefficient (Wildman–Crippen LogP) is 1.76. The van der Waals surface area contributed by atoms with Crippen LogP contribution in [0.4, 0.5) is 11.8 Å². The Bertz CT molecular complexity index is 788. The van der Waals surface area contributed by atoms with E-state index < -0.39 is 6.10 Å². The van der Waals surface area contributed by atoms with E-state index in [9.17, 15) is 5.11 Å². The fourth-order valence-electron chi connectivity index (χ4n) is 4.02. The van der Waals surface area contributed by atoms with Crippen molar-refractivity contribution in [3.8, 4) is 0 Å². The molecule has 2 atom stereocenters. The lowest BCUT2D eigenvalue weighted by Gasteiger charge is -2.26. The molecule has 0 bridgehead atoms. The topological polar surface area (TPSA) is 78.5 Å². The van der Waals surface area contributed by atoms with E-state index in [0.29, 0.717) is 13.0 Å². The molecule has 1 aliphatic heterocycles. The van der Waals surface area contributed by atoms with Gasteiger partial charge in [-0.05, 0) is 32.6 Å². The second-order valence-corrected chi connectivity index (χ2v) is 7.75. The van der Waals surface area contributed by atoms with Gasteiger partial charge in [-0.15, -0.1) is 0 Å². The molecule has 2 aliphatic rings. The Morgan fingerprint density at radius 3 is 2.77 bits per heavy atom. The van der Waals surface area contributed by atoms with E-state index in [1.54, 1.807) is 0 Å². The van der Waals surface area contributed by atoms with Crippen molar-refractivity contribution < 1.29 is 9.63 Å². The van der Waals surface area contributed by atoms with Gasteiger partial charge in [-0.1, -0.05) is 5.16 Å². The Kier molecular flexibility index (Phi) is 4.56. The summed E-state index contributed by atoms with van der Waals surface area (Å²) >= 11 is 0. The van der Waals surface area contributed by atoms with Crippen LogP contribution in [-0.4, -0.2) is 53.5 Å². The number of rotatable bonds is 4. The van der Waals surface area contributed by atoms with Crippen molar-refractivity contribution in [3.05, 3.63) is 28.8 Å². The van der Waals surface area contributed by atoms with E-state index in [2.05, 4.69) is 10.1 Å². The molecular weight excluding hydrogens is 330 g/mol. The Morgan fingerprint density at radius 2 is 2.04 bits per heavy atom. The number of aliphatic hydroxyl groups excluding tert-OH is 1. The number of aryl methyl sites for hydroxylation is 2. The van der Waals surface area contributed by atoms with Crippen LogP contribution in [0.5, 0.6) is 0 Å². The predicted molar refractivity (Wildman–Crippen MR) is 99.7 cm³/mol. The lowest BCUT2D eigenvalue weighted by molar-refractivity contribution is 0.143. The van der Waals surface area contributed by atoms with Gasteiger partial charge in [-0.25, -0.2) is 4.98 Å². The molecular formula is C19H27N5O2. The average Bonchev–Trinajstić information content (AvgIpc) is 3.20. The van der Waals surface area contributed by atoms with Gasteiger partial charge in [-0.3, -0.25) is 0 Å². The lowest BCUT2D eigenvalue weighted by Crippen LogP contribution is -2.27. The van der Waals surface area contributed by atoms with E-state index in [1.807, 2.05) is 32.0 Å². The Morgan fingerprint density at radius 1 is 1.23 bits per heavy atom. The first-order valence-electron chi connectivity index (χ1n) is 9.43. The largest absolute Gasteiger partial charge is 0.391 e. The van der Waals surface area contributed by atoms with Crippen LogP contribution in [0.3, 0.4) is 0 Å². The zero-order valence-corrected chi connectivity index (χ0v) is 15.8. The highest BCUT2D eigenvalue weighted by molar-refractivity contribution is 5.55. The standard InChI is InChI=1S/C19H27N5O2/c1-12-8-14(26-22-12)9-13-10-24(11-17(13)25)18-15-6-4-5-7-16(15)20-19(21-18)23(2)3/h8,13,17,25H,4-7,9-11H2,1-3H3/t13-,17-/m1/s1. The Hall–Kier alpha value is -2.15. The molecule has 7 heteroatoms. The third-order valence-corrected chi connectivity index (χ3v) is 5.40. The molecule has 0 aromatic carbocycles. The SMILES string of the molecule is Cc1cc(C[C@@H]2CN(c3nc(N(C)C)nc4c3CCCC4)C[C@H]2O)on1. The van der Waals surface area contributed by atoms with Crippen molar-refractivity contribution in [2.24, 2.45) is 5.92 Å². The number of β-amino-alcohol motifs (C(OH)–C–C–N with tert-alkyl or cyclic N) is 1. The molecule has 1 N–H and O–H groups in total. The maximum Gasteiger partial charge on any atom is 0.227 e. The summed E-state index contributed by atoms with van der Waals surface area (Å²) in [4.78, 5) is 13.8. The first kappa shape index (κ1) is 17.3. The number of hydrogen-bond acceptors (Lipinski definition) is 7. The van der Waals surface area contributed by atoms with Crippen molar-refractivity contribution in [1.29, 1.82) is 0 Å². The fourth-order valence-corrected chi connectivity index (χ4v) is 4.02. The van der Waals surface area contributed by atoms with E-state index in [4.69, 9.17) is 14.5 Å². The monoisotopic (exact) mass is 357 g/mol. The van der Waals surface area contributed by atoms with Crippen molar-refractivity contribution in [2.45, 2.75) is 45.1 Å². The average molecular weight is 357 g/mol. The van der Waals surface area contributed by atoms with Gasteiger partial charge in [0.05, 0.1) is 17.5 Å². The molecule has 2 aromatic rings. The molecule has 0 amide bonds. The molecule has 0 spiro atoms. The molecule has 0 radical (unpaired) electrons. The van der Waals surface area contributed by atoms with Crippen LogP contribution >= 0.6 is 0 Å². The van der Waals surface area contributed by atoms with Crippen LogP contribution in [0.1, 0.15) is 35.6 Å². The molecule has 7 nitrogen and oxygen atoms in total. The zero-order valence-electron chi connectivity index (χ0n) is 15.8. The number of aliphatic hydroxyl groups is 1. The van der Waals surface area contributed by atoms with Gasteiger partial charge < -0.3 is 19.4 Å². The van der Waals surface area contributed by atoms with Crippen LogP contribution in [0.25, 0.3) is 0 Å². The molecule has 140 valence electrons. The minimum absolute atomic E-state index is 0.124. The third kappa shape index (κ3) is 3.28. The molecule has 4 rings (SSSR count). The van der Waals surface area contributed by atoms with Crippen LogP contribution in [-0.2, 0) is 19.3 Å². The first-order valence-corrected chi connectivity index (χ1v) is 9.43. The molecule has 0 saturated carbocycles. The summed E-state index contributed by atoms with van der Waals surface area (Å²) in [5, 5.41) is 14.6.